The van der Waals surface area contributed by atoms with E-state index in [0.717, 1.165) is 31.3 Å². The minimum absolute atomic E-state index is 0.0601. The SMILES string of the molecule is CCNC(c1ccc(Br)cc1Br)c1cc(Br)ccc1OC. The summed E-state index contributed by atoms with van der Waals surface area (Å²) in [6.07, 6.45) is 0. The number of rotatable bonds is 5. The van der Waals surface area contributed by atoms with Gasteiger partial charge in [0, 0.05) is 19.0 Å². The van der Waals surface area contributed by atoms with Crippen molar-refractivity contribution >= 4 is 47.8 Å². The molecule has 0 aliphatic carbocycles. The molecule has 2 rings (SSSR count). The molecule has 1 atom stereocenters. The van der Waals surface area contributed by atoms with Crippen LogP contribution in [0.2, 0.25) is 0 Å². The first-order valence-corrected chi connectivity index (χ1v) is 8.96. The molecule has 0 bridgehead atoms. The lowest BCUT2D eigenvalue weighted by Gasteiger charge is -2.23. The first kappa shape index (κ1) is 17.0. The Morgan fingerprint density at radius 1 is 1.00 bits per heavy atom. The fraction of sp³-hybridized carbons (Fsp3) is 0.250. The predicted molar refractivity (Wildman–Crippen MR) is 98.1 cm³/mol. The number of methoxy groups -OCH3 is 1. The fourth-order valence-electron chi connectivity index (χ4n) is 2.26. The summed E-state index contributed by atoms with van der Waals surface area (Å²) in [6.45, 7) is 2.97. The Morgan fingerprint density at radius 3 is 2.29 bits per heavy atom. The van der Waals surface area contributed by atoms with Gasteiger partial charge in [0.1, 0.15) is 5.75 Å². The number of nitrogens with one attached hydrogen (secondary N) is 1. The quantitative estimate of drug-likeness (QED) is 0.598. The van der Waals surface area contributed by atoms with Crippen molar-refractivity contribution in [3.8, 4) is 5.75 Å². The van der Waals surface area contributed by atoms with Crippen LogP contribution < -0.4 is 10.1 Å². The highest BCUT2D eigenvalue weighted by Crippen LogP contribution is 2.36. The standard InChI is InChI=1S/C16H16Br3NO/c1-3-20-16(12-6-4-11(18)9-14(12)19)13-8-10(17)5-7-15(13)21-2/h4-9,16,20H,3H2,1-2H3. The lowest BCUT2D eigenvalue weighted by Crippen LogP contribution is -2.23. The zero-order chi connectivity index (χ0) is 15.4. The molecule has 0 spiro atoms. The van der Waals surface area contributed by atoms with Crippen LogP contribution >= 0.6 is 47.8 Å². The smallest absolute Gasteiger partial charge is 0.124 e. The lowest BCUT2D eigenvalue weighted by molar-refractivity contribution is 0.404. The highest BCUT2D eigenvalue weighted by molar-refractivity contribution is 9.11. The summed E-state index contributed by atoms with van der Waals surface area (Å²) in [4.78, 5) is 0. The Morgan fingerprint density at radius 2 is 1.67 bits per heavy atom. The maximum atomic E-state index is 5.53. The van der Waals surface area contributed by atoms with E-state index in [0.29, 0.717) is 0 Å². The Bertz CT molecular complexity index is 631. The van der Waals surface area contributed by atoms with Crippen LogP contribution in [0.4, 0.5) is 0 Å². The first-order valence-electron chi connectivity index (χ1n) is 6.58. The van der Waals surface area contributed by atoms with Crippen LogP contribution in [-0.4, -0.2) is 13.7 Å². The van der Waals surface area contributed by atoms with Crippen molar-refractivity contribution in [1.82, 2.24) is 5.32 Å². The third-order valence-electron chi connectivity index (χ3n) is 3.18. The molecule has 2 aromatic rings. The number of hydrogen-bond acceptors (Lipinski definition) is 2. The summed E-state index contributed by atoms with van der Waals surface area (Å²) in [5.74, 6) is 0.874. The Labute approximate surface area is 150 Å². The van der Waals surface area contributed by atoms with Gasteiger partial charge in [-0.3, -0.25) is 0 Å². The zero-order valence-corrected chi connectivity index (χ0v) is 16.5. The van der Waals surface area contributed by atoms with Gasteiger partial charge < -0.3 is 10.1 Å². The molecule has 2 nitrogen and oxygen atoms in total. The first-order chi connectivity index (χ1) is 10.1. The van der Waals surface area contributed by atoms with Crippen LogP contribution in [0, 0.1) is 0 Å². The molecule has 0 aliphatic rings. The number of halogens is 3. The van der Waals surface area contributed by atoms with Gasteiger partial charge >= 0.3 is 0 Å². The third-order valence-corrected chi connectivity index (χ3v) is 4.86. The molecule has 2 aromatic carbocycles. The van der Waals surface area contributed by atoms with Crippen molar-refractivity contribution in [2.45, 2.75) is 13.0 Å². The molecule has 0 saturated heterocycles. The minimum Gasteiger partial charge on any atom is -0.496 e. The van der Waals surface area contributed by atoms with E-state index in [-0.39, 0.29) is 6.04 Å². The summed E-state index contributed by atoms with van der Waals surface area (Å²) >= 11 is 10.7. The zero-order valence-electron chi connectivity index (χ0n) is 11.8. The van der Waals surface area contributed by atoms with Gasteiger partial charge in [-0.05, 0) is 42.4 Å². The summed E-state index contributed by atoms with van der Waals surface area (Å²) in [7, 11) is 1.70. The minimum atomic E-state index is 0.0601. The fourth-order valence-corrected chi connectivity index (χ4v) is 3.91. The molecule has 5 heteroatoms. The van der Waals surface area contributed by atoms with Gasteiger partial charge in [0.25, 0.3) is 0 Å². The van der Waals surface area contributed by atoms with Crippen LogP contribution in [0.1, 0.15) is 24.1 Å². The topological polar surface area (TPSA) is 21.3 Å². The Balaban J connectivity index is 2.55. The maximum Gasteiger partial charge on any atom is 0.124 e. The van der Waals surface area contributed by atoms with E-state index < -0.39 is 0 Å². The molecule has 0 aromatic heterocycles. The van der Waals surface area contributed by atoms with Crippen molar-refractivity contribution in [2.75, 3.05) is 13.7 Å². The summed E-state index contributed by atoms with van der Waals surface area (Å²) in [5.41, 5.74) is 2.29. The molecule has 112 valence electrons. The van der Waals surface area contributed by atoms with Crippen LogP contribution in [0.15, 0.2) is 49.8 Å². The second-order valence-corrected chi connectivity index (χ2v) is 7.23. The molecule has 0 heterocycles. The van der Waals surface area contributed by atoms with E-state index in [1.54, 1.807) is 7.11 Å². The van der Waals surface area contributed by atoms with E-state index in [1.165, 1.54) is 5.56 Å². The average molecular weight is 478 g/mol. The van der Waals surface area contributed by atoms with Crippen molar-refractivity contribution in [3.63, 3.8) is 0 Å². The van der Waals surface area contributed by atoms with Gasteiger partial charge in [0.2, 0.25) is 0 Å². The van der Waals surface area contributed by atoms with Gasteiger partial charge in [0.05, 0.1) is 13.2 Å². The Hall–Kier alpha value is -0.360. The van der Waals surface area contributed by atoms with Crippen molar-refractivity contribution in [1.29, 1.82) is 0 Å². The molecular weight excluding hydrogens is 462 g/mol. The van der Waals surface area contributed by atoms with E-state index >= 15 is 0 Å². The molecule has 21 heavy (non-hydrogen) atoms. The predicted octanol–water partition coefficient (Wildman–Crippen LogP) is 5.68. The van der Waals surface area contributed by atoms with E-state index in [9.17, 15) is 0 Å². The lowest BCUT2D eigenvalue weighted by atomic mass is 9.98. The number of hydrogen-bond donors (Lipinski definition) is 1. The van der Waals surface area contributed by atoms with Gasteiger partial charge in [-0.1, -0.05) is 60.8 Å². The van der Waals surface area contributed by atoms with Crippen molar-refractivity contribution in [3.05, 3.63) is 60.9 Å². The van der Waals surface area contributed by atoms with Gasteiger partial charge in [-0.2, -0.15) is 0 Å². The monoisotopic (exact) mass is 475 g/mol. The third kappa shape index (κ3) is 4.09. The second kappa shape index (κ2) is 7.77. The van der Waals surface area contributed by atoms with Crippen LogP contribution in [0.3, 0.4) is 0 Å². The van der Waals surface area contributed by atoms with Crippen LogP contribution in [0.5, 0.6) is 5.75 Å². The second-order valence-electron chi connectivity index (χ2n) is 4.54. The maximum absolute atomic E-state index is 5.53. The summed E-state index contributed by atoms with van der Waals surface area (Å²) < 4.78 is 8.67. The highest BCUT2D eigenvalue weighted by atomic mass is 79.9. The van der Waals surface area contributed by atoms with Gasteiger partial charge in [0.15, 0.2) is 0 Å². The van der Waals surface area contributed by atoms with E-state index in [1.807, 2.05) is 12.1 Å². The van der Waals surface area contributed by atoms with E-state index in [2.05, 4.69) is 84.3 Å². The molecule has 0 saturated carbocycles. The van der Waals surface area contributed by atoms with Crippen LogP contribution in [0.25, 0.3) is 0 Å². The molecular formula is C16H16Br3NO. The van der Waals surface area contributed by atoms with Crippen LogP contribution in [-0.2, 0) is 0 Å². The average Bonchev–Trinajstić information content (AvgIpc) is 2.45. The van der Waals surface area contributed by atoms with Crippen molar-refractivity contribution < 1.29 is 4.74 Å². The van der Waals surface area contributed by atoms with Crippen molar-refractivity contribution in [2.24, 2.45) is 0 Å². The molecule has 1 unspecified atom stereocenters. The molecule has 0 radical (unpaired) electrons. The molecule has 0 fully saturated rings. The van der Waals surface area contributed by atoms with E-state index in [4.69, 9.17) is 4.74 Å². The molecule has 1 N–H and O–H groups in total. The normalized spacial score (nSPS) is 12.2. The highest BCUT2D eigenvalue weighted by Gasteiger charge is 2.20. The largest absolute Gasteiger partial charge is 0.496 e. The molecule has 0 aliphatic heterocycles. The summed E-state index contributed by atoms with van der Waals surface area (Å²) in [6, 6.07) is 12.4. The number of benzene rings is 2. The van der Waals surface area contributed by atoms with Gasteiger partial charge in [-0.25, -0.2) is 0 Å². The molecule has 0 amide bonds. The van der Waals surface area contributed by atoms with Gasteiger partial charge in [-0.15, -0.1) is 0 Å². The Kier molecular flexibility index (Phi) is 6.29. The summed E-state index contributed by atoms with van der Waals surface area (Å²) in [5, 5.41) is 3.53. The number of ether oxygens (including phenoxy) is 1.